The minimum atomic E-state index is 0.153. The van der Waals surface area contributed by atoms with Crippen molar-refractivity contribution < 1.29 is 4.79 Å². The molecule has 1 atom stereocenters. The first kappa shape index (κ1) is 13.5. The number of hydrogen-bond donors (Lipinski definition) is 1. The van der Waals surface area contributed by atoms with E-state index in [0.29, 0.717) is 12.3 Å². The molecule has 0 saturated heterocycles. The van der Waals surface area contributed by atoms with Crippen LogP contribution in [0.15, 0.2) is 17.5 Å². The van der Waals surface area contributed by atoms with Gasteiger partial charge in [-0.25, -0.2) is 0 Å². The third-order valence-corrected chi connectivity index (χ3v) is 4.08. The SMILES string of the molecule is CC(N)CSCC(=O)N(C)Cc1cccs1. The van der Waals surface area contributed by atoms with Crippen molar-refractivity contribution >= 4 is 29.0 Å². The predicted octanol–water partition coefficient (Wildman–Crippen LogP) is 1.79. The second-order valence-electron chi connectivity index (χ2n) is 3.82. The number of hydrogen-bond acceptors (Lipinski definition) is 4. The normalized spacial score (nSPS) is 12.4. The maximum atomic E-state index is 11.7. The van der Waals surface area contributed by atoms with Crippen LogP contribution in [0.5, 0.6) is 0 Å². The van der Waals surface area contributed by atoms with Crippen molar-refractivity contribution in [1.29, 1.82) is 0 Å². The van der Waals surface area contributed by atoms with E-state index in [0.717, 1.165) is 5.75 Å². The quantitative estimate of drug-likeness (QED) is 0.846. The van der Waals surface area contributed by atoms with Gasteiger partial charge in [0.1, 0.15) is 0 Å². The number of nitrogens with two attached hydrogens (primary N) is 1. The number of carbonyl (C=O) groups is 1. The van der Waals surface area contributed by atoms with Crippen LogP contribution in [0.3, 0.4) is 0 Å². The fourth-order valence-electron chi connectivity index (χ4n) is 1.17. The molecule has 0 spiro atoms. The standard InChI is InChI=1S/C11H18N2OS2/c1-9(12)7-15-8-11(14)13(2)6-10-4-3-5-16-10/h3-5,9H,6-8,12H2,1-2H3. The summed E-state index contributed by atoms with van der Waals surface area (Å²) in [6.07, 6.45) is 0. The highest BCUT2D eigenvalue weighted by atomic mass is 32.2. The molecular weight excluding hydrogens is 240 g/mol. The Balaban J connectivity index is 2.25. The maximum absolute atomic E-state index is 11.7. The van der Waals surface area contributed by atoms with E-state index in [2.05, 4.69) is 0 Å². The molecule has 1 heterocycles. The Labute approximate surface area is 105 Å². The number of carbonyl (C=O) groups excluding carboxylic acids is 1. The summed E-state index contributed by atoms with van der Waals surface area (Å²) in [6.45, 7) is 2.65. The van der Waals surface area contributed by atoms with E-state index >= 15 is 0 Å². The van der Waals surface area contributed by atoms with Gasteiger partial charge in [-0.1, -0.05) is 6.07 Å². The van der Waals surface area contributed by atoms with Crippen molar-refractivity contribution in [2.75, 3.05) is 18.6 Å². The highest BCUT2D eigenvalue weighted by Gasteiger charge is 2.09. The van der Waals surface area contributed by atoms with Crippen molar-refractivity contribution in [1.82, 2.24) is 4.90 Å². The van der Waals surface area contributed by atoms with Crippen molar-refractivity contribution in [2.24, 2.45) is 5.73 Å². The number of nitrogens with zero attached hydrogens (tertiary/aromatic N) is 1. The molecule has 0 aliphatic heterocycles. The minimum Gasteiger partial charge on any atom is -0.340 e. The summed E-state index contributed by atoms with van der Waals surface area (Å²) in [5, 5.41) is 2.03. The molecule has 0 aliphatic carbocycles. The molecule has 16 heavy (non-hydrogen) atoms. The predicted molar refractivity (Wildman–Crippen MR) is 71.8 cm³/mol. The molecule has 3 nitrogen and oxygen atoms in total. The average Bonchev–Trinajstić information content (AvgIpc) is 2.69. The van der Waals surface area contributed by atoms with Crippen LogP contribution in [0.25, 0.3) is 0 Å². The number of thiophene rings is 1. The van der Waals surface area contributed by atoms with Gasteiger partial charge in [0.25, 0.3) is 0 Å². The zero-order valence-corrected chi connectivity index (χ0v) is 11.3. The third-order valence-electron chi connectivity index (χ3n) is 2.01. The third kappa shape index (κ3) is 5.01. The lowest BCUT2D eigenvalue weighted by molar-refractivity contribution is -0.127. The number of rotatable bonds is 6. The van der Waals surface area contributed by atoms with E-state index in [1.807, 2.05) is 31.5 Å². The van der Waals surface area contributed by atoms with Crippen molar-refractivity contribution in [3.63, 3.8) is 0 Å². The second-order valence-corrected chi connectivity index (χ2v) is 5.88. The van der Waals surface area contributed by atoms with Crippen LogP contribution in [0, 0.1) is 0 Å². The molecule has 0 radical (unpaired) electrons. The molecule has 0 bridgehead atoms. The fraction of sp³-hybridized carbons (Fsp3) is 0.545. The van der Waals surface area contributed by atoms with Crippen molar-refractivity contribution in [2.45, 2.75) is 19.5 Å². The van der Waals surface area contributed by atoms with Gasteiger partial charge in [-0.3, -0.25) is 4.79 Å². The number of amides is 1. The van der Waals surface area contributed by atoms with Gasteiger partial charge < -0.3 is 10.6 Å². The Morgan fingerprint density at radius 2 is 2.44 bits per heavy atom. The number of thioether (sulfide) groups is 1. The summed E-state index contributed by atoms with van der Waals surface area (Å²) in [6, 6.07) is 4.20. The second kappa shape index (κ2) is 6.93. The van der Waals surface area contributed by atoms with Gasteiger partial charge in [0, 0.05) is 23.7 Å². The summed E-state index contributed by atoms with van der Waals surface area (Å²) in [7, 11) is 1.84. The van der Waals surface area contributed by atoms with E-state index in [1.54, 1.807) is 28.0 Å². The van der Waals surface area contributed by atoms with E-state index in [-0.39, 0.29) is 11.9 Å². The van der Waals surface area contributed by atoms with Crippen LogP contribution in [0.4, 0.5) is 0 Å². The monoisotopic (exact) mass is 258 g/mol. The van der Waals surface area contributed by atoms with E-state index in [1.165, 1.54) is 4.88 Å². The van der Waals surface area contributed by atoms with Crippen molar-refractivity contribution in [3.8, 4) is 0 Å². The first-order chi connectivity index (χ1) is 7.59. The highest BCUT2D eigenvalue weighted by Crippen LogP contribution is 2.12. The molecule has 90 valence electrons. The topological polar surface area (TPSA) is 46.3 Å². The van der Waals surface area contributed by atoms with Crippen molar-refractivity contribution in [3.05, 3.63) is 22.4 Å². The van der Waals surface area contributed by atoms with Gasteiger partial charge in [0.2, 0.25) is 5.91 Å². The molecule has 0 saturated carbocycles. The summed E-state index contributed by atoms with van der Waals surface area (Å²) >= 11 is 3.27. The van der Waals surface area contributed by atoms with Gasteiger partial charge in [-0.2, -0.15) is 11.8 Å². The Morgan fingerprint density at radius 1 is 1.69 bits per heavy atom. The van der Waals surface area contributed by atoms with E-state index in [9.17, 15) is 4.79 Å². The van der Waals surface area contributed by atoms with Crippen LogP contribution >= 0.6 is 23.1 Å². The Kier molecular flexibility index (Phi) is 5.87. The Bertz CT molecular complexity index is 312. The first-order valence-corrected chi connectivity index (χ1v) is 7.22. The van der Waals surface area contributed by atoms with Crippen LogP contribution in [-0.4, -0.2) is 35.4 Å². The summed E-state index contributed by atoms with van der Waals surface area (Å²) in [4.78, 5) is 14.7. The van der Waals surface area contributed by atoms with E-state index in [4.69, 9.17) is 5.73 Å². The van der Waals surface area contributed by atoms with Crippen LogP contribution in [-0.2, 0) is 11.3 Å². The fourth-order valence-corrected chi connectivity index (χ4v) is 2.81. The summed E-state index contributed by atoms with van der Waals surface area (Å²) in [5.74, 6) is 1.51. The smallest absolute Gasteiger partial charge is 0.232 e. The summed E-state index contributed by atoms with van der Waals surface area (Å²) < 4.78 is 0. The van der Waals surface area contributed by atoms with Gasteiger partial charge >= 0.3 is 0 Å². The molecule has 1 rings (SSSR count). The molecule has 1 unspecified atom stereocenters. The van der Waals surface area contributed by atoms with Gasteiger partial charge in [0.15, 0.2) is 0 Å². The van der Waals surface area contributed by atoms with Gasteiger partial charge in [-0.05, 0) is 18.4 Å². The lowest BCUT2D eigenvalue weighted by atomic mass is 10.4. The van der Waals surface area contributed by atoms with Gasteiger partial charge in [0.05, 0.1) is 12.3 Å². The average molecular weight is 258 g/mol. The van der Waals surface area contributed by atoms with Gasteiger partial charge in [-0.15, -0.1) is 11.3 Å². The molecule has 2 N–H and O–H groups in total. The largest absolute Gasteiger partial charge is 0.340 e. The van der Waals surface area contributed by atoms with Crippen LogP contribution < -0.4 is 5.73 Å². The highest BCUT2D eigenvalue weighted by molar-refractivity contribution is 7.99. The zero-order chi connectivity index (χ0) is 12.0. The maximum Gasteiger partial charge on any atom is 0.232 e. The Morgan fingerprint density at radius 3 is 3.00 bits per heavy atom. The lowest BCUT2D eigenvalue weighted by Crippen LogP contribution is -2.28. The lowest BCUT2D eigenvalue weighted by Gasteiger charge is -2.16. The molecule has 0 aromatic carbocycles. The zero-order valence-electron chi connectivity index (χ0n) is 9.68. The first-order valence-electron chi connectivity index (χ1n) is 5.19. The van der Waals surface area contributed by atoms with Crippen LogP contribution in [0.1, 0.15) is 11.8 Å². The minimum absolute atomic E-state index is 0.153. The summed E-state index contributed by atoms with van der Waals surface area (Å²) in [5.41, 5.74) is 5.62. The molecule has 0 aliphatic rings. The van der Waals surface area contributed by atoms with Crippen LogP contribution in [0.2, 0.25) is 0 Å². The molecule has 0 fully saturated rings. The molecular formula is C11H18N2OS2. The molecule has 1 aromatic rings. The molecule has 1 amide bonds. The molecule has 5 heteroatoms. The molecule has 1 aromatic heterocycles. The Hall–Kier alpha value is -0.520. The van der Waals surface area contributed by atoms with E-state index < -0.39 is 0 Å².